The highest BCUT2D eigenvalue weighted by Gasteiger charge is 2.21. The maximum absolute atomic E-state index is 12.8. The molecule has 2 saturated heterocycles. The summed E-state index contributed by atoms with van der Waals surface area (Å²) in [6.07, 6.45) is 3.77. The molecule has 0 bridgehead atoms. The predicted octanol–water partition coefficient (Wildman–Crippen LogP) is 2.27. The zero-order valence-corrected chi connectivity index (χ0v) is 16.9. The Kier molecular flexibility index (Phi) is 6.13. The highest BCUT2D eigenvalue weighted by Crippen LogP contribution is 2.24. The van der Waals surface area contributed by atoms with E-state index in [0.29, 0.717) is 54.3 Å². The summed E-state index contributed by atoms with van der Waals surface area (Å²) >= 11 is 6.28. The largest absolute Gasteiger partial charge is 0.378 e. The van der Waals surface area contributed by atoms with Crippen LogP contribution < -0.4 is 16.0 Å². The number of amides is 1. The van der Waals surface area contributed by atoms with E-state index >= 15 is 0 Å². The highest BCUT2D eigenvalue weighted by atomic mass is 35.5. The normalized spacial score (nSPS) is 19.9. The van der Waals surface area contributed by atoms with Gasteiger partial charge in [0.1, 0.15) is 5.82 Å². The molecule has 2 aliphatic rings. The average Bonchev–Trinajstić information content (AvgIpc) is 2.73. The Morgan fingerprint density at radius 3 is 2.86 bits per heavy atom. The summed E-state index contributed by atoms with van der Waals surface area (Å²) in [7, 11) is 0. The van der Waals surface area contributed by atoms with Gasteiger partial charge in [-0.25, -0.2) is 4.98 Å². The van der Waals surface area contributed by atoms with Crippen LogP contribution in [0.25, 0.3) is 0 Å². The first-order valence-electron chi connectivity index (χ1n) is 9.87. The number of nitrogens with two attached hydrogens (primary N) is 1. The van der Waals surface area contributed by atoms with Gasteiger partial charge >= 0.3 is 0 Å². The lowest BCUT2D eigenvalue weighted by Gasteiger charge is -2.30. The van der Waals surface area contributed by atoms with E-state index < -0.39 is 0 Å². The second kappa shape index (κ2) is 8.94. The van der Waals surface area contributed by atoms with E-state index in [4.69, 9.17) is 22.1 Å². The van der Waals surface area contributed by atoms with Gasteiger partial charge in [0.25, 0.3) is 5.91 Å². The molecule has 3 heterocycles. The van der Waals surface area contributed by atoms with Crippen LogP contribution in [0.1, 0.15) is 23.2 Å². The van der Waals surface area contributed by atoms with Gasteiger partial charge in [-0.3, -0.25) is 4.79 Å². The van der Waals surface area contributed by atoms with Gasteiger partial charge in [-0.15, -0.1) is 0 Å². The number of hydrogen-bond donors (Lipinski definition) is 2. The molecule has 1 aromatic heterocycles. The number of hydrogen-bond acceptors (Lipinski definition) is 7. The molecule has 1 atom stereocenters. The lowest BCUT2D eigenvalue weighted by atomic mass is 10.1. The van der Waals surface area contributed by atoms with Gasteiger partial charge in [-0.2, -0.15) is 4.98 Å². The van der Waals surface area contributed by atoms with E-state index in [2.05, 4.69) is 20.2 Å². The summed E-state index contributed by atoms with van der Waals surface area (Å²) in [4.78, 5) is 25.7. The fourth-order valence-electron chi connectivity index (χ4n) is 3.64. The fourth-order valence-corrected chi connectivity index (χ4v) is 3.88. The van der Waals surface area contributed by atoms with Gasteiger partial charge in [0.05, 0.1) is 13.2 Å². The topological polar surface area (TPSA) is 96.6 Å². The van der Waals surface area contributed by atoms with Crippen LogP contribution in [0, 0.1) is 0 Å². The Labute approximate surface area is 175 Å². The number of nitrogens with zero attached hydrogens (tertiary/aromatic N) is 4. The van der Waals surface area contributed by atoms with Crippen molar-refractivity contribution in [3.8, 4) is 0 Å². The molecule has 29 heavy (non-hydrogen) atoms. The Balaban J connectivity index is 1.51. The van der Waals surface area contributed by atoms with Crippen molar-refractivity contribution >= 4 is 35.0 Å². The van der Waals surface area contributed by atoms with E-state index in [1.54, 1.807) is 35.4 Å². The van der Waals surface area contributed by atoms with Crippen molar-refractivity contribution in [1.29, 1.82) is 0 Å². The SMILES string of the molecule is N[C@H]1CCCN(c2nccc(Nc3cc(Cl)cc(C(=O)N4CCOCC4)c3)n2)C1. The number of anilines is 3. The molecular weight excluding hydrogens is 392 g/mol. The molecule has 2 aliphatic heterocycles. The van der Waals surface area contributed by atoms with Gasteiger partial charge in [-0.1, -0.05) is 11.6 Å². The number of morpholine rings is 1. The lowest BCUT2D eigenvalue weighted by molar-refractivity contribution is 0.0303. The molecule has 4 rings (SSSR count). The standard InChI is InChI=1S/C20H25ClN6O2/c21-15-10-14(19(28)26-6-8-29-9-7-26)11-17(12-15)24-18-3-4-23-20(25-18)27-5-1-2-16(22)13-27/h3-4,10-12,16H,1-2,5-9,13,22H2,(H,23,24,25)/t16-/m0/s1. The minimum absolute atomic E-state index is 0.0514. The van der Waals surface area contributed by atoms with Crippen molar-refractivity contribution in [1.82, 2.24) is 14.9 Å². The summed E-state index contributed by atoms with van der Waals surface area (Å²) in [5.41, 5.74) is 7.32. The minimum atomic E-state index is -0.0514. The van der Waals surface area contributed by atoms with E-state index in [1.807, 2.05) is 0 Å². The quantitative estimate of drug-likeness (QED) is 0.789. The summed E-state index contributed by atoms with van der Waals surface area (Å²) in [5, 5.41) is 3.73. The molecule has 0 saturated carbocycles. The molecule has 2 aromatic rings. The van der Waals surface area contributed by atoms with E-state index in [0.717, 1.165) is 25.9 Å². The number of rotatable bonds is 4. The summed E-state index contributed by atoms with van der Waals surface area (Å²) in [6.45, 7) is 3.93. The maximum Gasteiger partial charge on any atom is 0.254 e. The van der Waals surface area contributed by atoms with Crippen molar-refractivity contribution in [2.45, 2.75) is 18.9 Å². The molecular formula is C20H25ClN6O2. The van der Waals surface area contributed by atoms with Crippen molar-refractivity contribution in [2.75, 3.05) is 49.6 Å². The van der Waals surface area contributed by atoms with Crippen LogP contribution in [0.4, 0.5) is 17.5 Å². The Bertz CT molecular complexity index is 874. The van der Waals surface area contributed by atoms with E-state index in [-0.39, 0.29) is 11.9 Å². The smallest absolute Gasteiger partial charge is 0.254 e. The van der Waals surface area contributed by atoms with Crippen LogP contribution in [-0.2, 0) is 4.74 Å². The molecule has 154 valence electrons. The summed E-state index contributed by atoms with van der Waals surface area (Å²) in [6, 6.07) is 7.19. The summed E-state index contributed by atoms with van der Waals surface area (Å²) < 4.78 is 5.32. The Morgan fingerprint density at radius 2 is 2.07 bits per heavy atom. The monoisotopic (exact) mass is 416 g/mol. The number of carbonyl (C=O) groups excluding carboxylic acids is 1. The van der Waals surface area contributed by atoms with Crippen LogP contribution in [0.15, 0.2) is 30.5 Å². The van der Waals surface area contributed by atoms with Crippen LogP contribution in [0.5, 0.6) is 0 Å². The molecule has 8 nitrogen and oxygen atoms in total. The van der Waals surface area contributed by atoms with E-state index in [9.17, 15) is 4.79 Å². The van der Waals surface area contributed by atoms with Gasteiger partial charge in [0, 0.05) is 54.7 Å². The van der Waals surface area contributed by atoms with Gasteiger partial charge in [0.2, 0.25) is 5.95 Å². The molecule has 3 N–H and O–H groups in total. The van der Waals surface area contributed by atoms with E-state index in [1.165, 1.54) is 0 Å². The van der Waals surface area contributed by atoms with Crippen LogP contribution in [-0.4, -0.2) is 66.2 Å². The third-order valence-corrected chi connectivity index (χ3v) is 5.32. The van der Waals surface area contributed by atoms with Gasteiger partial charge in [-0.05, 0) is 37.1 Å². The zero-order valence-electron chi connectivity index (χ0n) is 16.2. The first-order valence-corrected chi connectivity index (χ1v) is 10.2. The molecule has 0 spiro atoms. The number of benzene rings is 1. The number of piperidine rings is 1. The van der Waals surface area contributed by atoms with Crippen molar-refractivity contribution < 1.29 is 9.53 Å². The maximum atomic E-state index is 12.8. The fraction of sp³-hybridized carbons (Fsp3) is 0.450. The number of ether oxygens (including phenoxy) is 1. The van der Waals surface area contributed by atoms with Gasteiger partial charge < -0.3 is 25.6 Å². The Hall–Kier alpha value is -2.42. The number of aromatic nitrogens is 2. The molecule has 0 aliphatic carbocycles. The average molecular weight is 417 g/mol. The first kappa shape index (κ1) is 19.9. The Morgan fingerprint density at radius 1 is 1.24 bits per heavy atom. The molecule has 9 heteroatoms. The zero-order chi connectivity index (χ0) is 20.2. The van der Waals surface area contributed by atoms with Crippen molar-refractivity contribution in [3.05, 3.63) is 41.0 Å². The minimum Gasteiger partial charge on any atom is -0.378 e. The third-order valence-electron chi connectivity index (χ3n) is 5.10. The predicted molar refractivity (Wildman–Crippen MR) is 113 cm³/mol. The number of nitrogens with one attached hydrogen (secondary N) is 1. The number of halogens is 1. The first-order chi connectivity index (χ1) is 14.1. The third kappa shape index (κ3) is 4.95. The molecule has 0 radical (unpaired) electrons. The highest BCUT2D eigenvalue weighted by molar-refractivity contribution is 6.31. The molecule has 0 unspecified atom stereocenters. The molecule has 2 fully saturated rings. The molecule has 1 aromatic carbocycles. The lowest BCUT2D eigenvalue weighted by Crippen LogP contribution is -2.43. The number of carbonyl (C=O) groups is 1. The van der Waals surface area contributed by atoms with Crippen molar-refractivity contribution in [2.24, 2.45) is 5.73 Å². The second-order valence-electron chi connectivity index (χ2n) is 7.35. The van der Waals surface area contributed by atoms with Crippen LogP contribution >= 0.6 is 11.6 Å². The van der Waals surface area contributed by atoms with Crippen molar-refractivity contribution in [3.63, 3.8) is 0 Å². The summed E-state index contributed by atoms with van der Waals surface area (Å²) in [5.74, 6) is 1.24. The second-order valence-corrected chi connectivity index (χ2v) is 7.78. The van der Waals surface area contributed by atoms with Crippen LogP contribution in [0.2, 0.25) is 5.02 Å². The van der Waals surface area contributed by atoms with Crippen LogP contribution in [0.3, 0.4) is 0 Å². The molecule has 1 amide bonds. The van der Waals surface area contributed by atoms with Gasteiger partial charge in [0.15, 0.2) is 0 Å².